The molecule has 2 N–H and O–H groups in total. The Kier molecular flexibility index (Phi) is 3.94. The van der Waals surface area contributed by atoms with E-state index in [0.717, 1.165) is 0 Å². The van der Waals surface area contributed by atoms with Gasteiger partial charge in [0.1, 0.15) is 0 Å². The van der Waals surface area contributed by atoms with Gasteiger partial charge in [-0.2, -0.15) is 0 Å². The molecule has 0 bridgehead atoms. The zero-order chi connectivity index (χ0) is 14.2. The molecule has 8 heteroatoms. The quantitative estimate of drug-likeness (QED) is 0.793. The highest BCUT2D eigenvalue weighted by molar-refractivity contribution is 7.91. The Bertz CT molecular complexity index is 617. The first-order valence-corrected chi connectivity index (χ1v) is 8.12. The summed E-state index contributed by atoms with van der Waals surface area (Å²) in [5, 5.41) is 0.337. The SMILES string of the molecule is Nc1cc(Cl)c(Cl)c(C(=O)N2CCS(=O)(=O)CC2)c1. The summed E-state index contributed by atoms with van der Waals surface area (Å²) in [7, 11) is -3.04. The number of benzene rings is 1. The van der Waals surface area contributed by atoms with Crippen molar-refractivity contribution in [1.82, 2.24) is 4.90 Å². The summed E-state index contributed by atoms with van der Waals surface area (Å²) >= 11 is 11.9. The van der Waals surface area contributed by atoms with Crippen molar-refractivity contribution in [1.29, 1.82) is 0 Å². The Labute approximate surface area is 121 Å². The van der Waals surface area contributed by atoms with Crippen molar-refractivity contribution < 1.29 is 13.2 Å². The molecular weight excluding hydrogens is 311 g/mol. The lowest BCUT2D eigenvalue weighted by atomic mass is 10.1. The minimum atomic E-state index is -3.04. The van der Waals surface area contributed by atoms with Gasteiger partial charge < -0.3 is 10.6 Å². The highest BCUT2D eigenvalue weighted by Crippen LogP contribution is 2.29. The monoisotopic (exact) mass is 322 g/mol. The predicted molar refractivity (Wildman–Crippen MR) is 75.4 cm³/mol. The number of nitrogen functional groups attached to an aromatic ring is 1. The molecule has 2 rings (SSSR count). The van der Waals surface area contributed by atoms with E-state index >= 15 is 0 Å². The molecule has 1 aromatic carbocycles. The van der Waals surface area contributed by atoms with E-state index in [9.17, 15) is 13.2 Å². The molecule has 104 valence electrons. The number of carbonyl (C=O) groups excluding carboxylic acids is 1. The van der Waals surface area contributed by atoms with Crippen LogP contribution in [0.4, 0.5) is 5.69 Å². The van der Waals surface area contributed by atoms with E-state index in [1.807, 2.05) is 0 Å². The van der Waals surface area contributed by atoms with E-state index in [2.05, 4.69) is 0 Å². The lowest BCUT2D eigenvalue weighted by molar-refractivity contribution is 0.0770. The molecule has 19 heavy (non-hydrogen) atoms. The minimum Gasteiger partial charge on any atom is -0.399 e. The second kappa shape index (κ2) is 5.19. The second-order valence-corrected chi connectivity index (χ2v) is 7.40. The van der Waals surface area contributed by atoms with E-state index in [0.29, 0.717) is 5.69 Å². The van der Waals surface area contributed by atoms with E-state index in [-0.39, 0.29) is 46.1 Å². The van der Waals surface area contributed by atoms with E-state index in [1.54, 1.807) is 0 Å². The number of hydrogen-bond acceptors (Lipinski definition) is 4. The summed E-state index contributed by atoms with van der Waals surface area (Å²) in [6.07, 6.45) is 0. The van der Waals surface area contributed by atoms with Gasteiger partial charge >= 0.3 is 0 Å². The van der Waals surface area contributed by atoms with Gasteiger partial charge in [0.25, 0.3) is 5.91 Å². The fourth-order valence-corrected chi connectivity index (χ4v) is 3.47. The van der Waals surface area contributed by atoms with Crippen LogP contribution in [0.15, 0.2) is 12.1 Å². The standard InChI is InChI=1S/C11H12Cl2N2O3S/c12-9-6-7(14)5-8(10(9)13)11(16)15-1-3-19(17,18)4-2-15/h5-6H,1-4,14H2. The van der Waals surface area contributed by atoms with Crippen LogP contribution < -0.4 is 5.73 Å². The molecule has 1 amide bonds. The van der Waals surface area contributed by atoms with Crippen LogP contribution in [0.1, 0.15) is 10.4 Å². The first-order valence-electron chi connectivity index (χ1n) is 5.54. The molecule has 0 unspecified atom stereocenters. The summed E-state index contributed by atoms with van der Waals surface area (Å²) in [6.45, 7) is 0.313. The van der Waals surface area contributed by atoms with E-state index < -0.39 is 9.84 Å². The largest absolute Gasteiger partial charge is 0.399 e. The van der Waals surface area contributed by atoms with Crippen molar-refractivity contribution in [3.63, 3.8) is 0 Å². The highest BCUT2D eigenvalue weighted by atomic mass is 35.5. The van der Waals surface area contributed by atoms with Gasteiger partial charge in [-0.05, 0) is 12.1 Å². The molecule has 0 spiro atoms. The van der Waals surface area contributed by atoms with Crippen LogP contribution in [0.2, 0.25) is 10.0 Å². The third kappa shape index (κ3) is 3.13. The molecule has 0 aromatic heterocycles. The molecule has 1 heterocycles. The molecule has 1 fully saturated rings. The maximum absolute atomic E-state index is 12.3. The Morgan fingerprint density at radius 2 is 1.79 bits per heavy atom. The second-order valence-electron chi connectivity index (χ2n) is 4.31. The third-order valence-electron chi connectivity index (χ3n) is 2.91. The fourth-order valence-electron chi connectivity index (χ4n) is 1.85. The number of nitrogens with two attached hydrogens (primary N) is 1. The summed E-state index contributed by atoms with van der Waals surface area (Å²) in [6, 6.07) is 2.90. The molecular formula is C11H12Cl2N2O3S. The van der Waals surface area contributed by atoms with Gasteiger partial charge in [-0.25, -0.2) is 8.42 Å². The number of halogens is 2. The number of carbonyl (C=O) groups is 1. The van der Waals surface area contributed by atoms with Crippen molar-refractivity contribution in [2.75, 3.05) is 30.3 Å². The van der Waals surface area contributed by atoms with Crippen LogP contribution in [0.25, 0.3) is 0 Å². The average Bonchev–Trinajstić information content (AvgIpc) is 2.33. The zero-order valence-electron chi connectivity index (χ0n) is 9.90. The average molecular weight is 323 g/mol. The fraction of sp³-hybridized carbons (Fsp3) is 0.364. The Balaban J connectivity index is 2.26. The van der Waals surface area contributed by atoms with Gasteiger partial charge in [0.2, 0.25) is 0 Å². The molecule has 5 nitrogen and oxygen atoms in total. The first kappa shape index (κ1) is 14.4. The van der Waals surface area contributed by atoms with Crippen LogP contribution in [0, 0.1) is 0 Å². The van der Waals surface area contributed by atoms with Crippen molar-refractivity contribution in [2.45, 2.75) is 0 Å². The van der Waals surface area contributed by atoms with Gasteiger partial charge in [-0.3, -0.25) is 4.79 Å². The topological polar surface area (TPSA) is 80.5 Å². The van der Waals surface area contributed by atoms with Crippen molar-refractivity contribution in [3.8, 4) is 0 Å². The van der Waals surface area contributed by atoms with Crippen molar-refractivity contribution in [2.24, 2.45) is 0 Å². The summed E-state index contributed by atoms with van der Waals surface area (Å²) < 4.78 is 22.7. The molecule has 0 radical (unpaired) electrons. The maximum Gasteiger partial charge on any atom is 0.255 e. The molecule has 0 aliphatic carbocycles. The van der Waals surface area contributed by atoms with Gasteiger partial charge in [0, 0.05) is 18.8 Å². The molecule has 1 saturated heterocycles. The number of amides is 1. The summed E-state index contributed by atoms with van der Waals surface area (Å²) in [4.78, 5) is 13.7. The number of nitrogens with zero attached hydrogens (tertiary/aromatic N) is 1. The number of rotatable bonds is 1. The molecule has 1 aliphatic rings. The first-order chi connectivity index (χ1) is 8.80. The lowest BCUT2D eigenvalue weighted by Gasteiger charge is -2.27. The molecule has 1 aliphatic heterocycles. The predicted octanol–water partition coefficient (Wildman–Crippen LogP) is 1.45. The third-order valence-corrected chi connectivity index (χ3v) is 5.32. The lowest BCUT2D eigenvalue weighted by Crippen LogP contribution is -2.43. The van der Waals surface area contributed by atoms with E-state index in [4.69, 9.17) is 28.9 Å². The van der Waals surface area contributed by atoms with Crippen molar-refractivity contribution in [3.05, 3.63) is 27.7 Å². The van der Waals surface area contributed by atoms with Gasteiger partial charge in [0.15, 0.2) is 9.84 Å². The van der Waals surface area contributed by atoms with Gasteiger partial charge in [0.05, 0.1) is 27.1 Å². The van der Waals surface area contributed by atoms with Crippen LogP contribution in [-0.2, 0) is 9.84 Å². The zero-order valence-corrected chi connectivity index (χ0v) is 12.2. The van der Waals surface area contributed by atoms with Crippen LogP contribution in [-0.4, -0.2) is 43.8 Å². The van der Waals surface area contributed by atoms with Gasteiger partial charge in [-0.15, -0.1) is 0 Å². The number of hydrogen-bond donors (Lipinski definition) is 1. The Morgan fingerprint density at radius 3 is 2.37 bits per heavy atom. The maximum atomic E-state index is 12.3. The van der Waals surface area contributed by atoms with Crippen LogP contribution in [0.3, 0.4) is 0 Å². The molecule has 1 aromatic rings. The minimum absolute atomic E-state index is 0.0353. The Morgan fingerprint density at radius 1 is 1.21 bits per heavy atom. The smallest absolute Gasteiger partial charge is 0.255 e. The molecule has 0 atom stereocenters. The number of sulfone groups is 1. The summed E-state index contributed by atoms with van der Waals surface area (Å²) in [5.74, 6) is -0.423. The highest BCUT2D eigenvalue weighted by Gasteiger charge is 2.27. The van der Waals surface area contributed by atoms with Crippen LogP contribution >= 0.6 is 23.2 Å². The summed E-state index contributed by atoms with van der Waals surface area (Å²) in [5.41, 5.74) is 6.16. The van der Waals surface area contributed by atoms with E-state index in [1.165, 1.54) is 17.0 Å². The van der Waals surface area contributed by atoms with Crippen molar-refractivity contribution >= 4 is 44.6 Å². The Hall–Kier alpha value is -0.980. The number of anilines is 1. The normalized spacial score (nSPS) is 18.3. The van der Waals surface area contributed by atoms with Gasteiger partial charge in [-0.1, -0.05) is 23.2 Å². The molecule has 0 saturated carbocycles. The van der Waals surface area contributed by atoms with Crippen LogP contribution in [0.5, 0.6) is 0 Å².